The summed E-state index contributed by atoms with van der Waals surface area (Å²) in [5, 5.41) is 0. The molecule has 0 unspecified atom stereocenters. The van der Waals surface area contributed by atoms with E-state index in [1.807, 2.05) is 4.90 Å². The summed E-state index contributed by atoms with van der Waals surface area (Å²) in [4.78, 5) is 13.4. The van der Waals surface area contributed by atoms with Crippen LogP contribution < -0.4 is 4.90 Å². The smallest absolute Gasteiger partial charge is 0.337 e. The molecule has 0 atom stereocenters. The third-order valence-electron chi connectivity index (χ3n) is 3.61. The van der Waals surface area contributed by atoms with Gasteiger partial charge in [-0.05, 0) is 42.3 Å². The second kappa shape index (κ2) is 5.16. The number of carbonyl (C=O) groups excluding carboxylic acids is 1. The quantitative estimate of drug-likeness (QED) is 0.793. The highest BCUT2D eigenvalue weighted by atomic mass is 19.2. The SMILES string of the molecule is COC(=O)c1ccc2c(c1)CCN2c1ccc(F)c(F)c1. The van der Waals surface area contributed by atoms with Crippen molar-refractivity contribution in [2.24, 2.45) is 0 Å². The number of esters is 1. The zero-order valence-electron chi connectivity index (χ0n) is 11.4. The van der Waals surface area contributed by atoms with Crippen molar-refractivity contribution in [2.75, 3.05) is 18.6 Å². The topological polar surface area (TPSA) is 29.5 Å². The van der Waals surface area contributed by atoms with Gasteiger partial charge in [0.25, 0.3) is 0 Å². The maximum absolute atomic E-state index is 13.4. The zero-order valence-corrected chi connectivity index (χ0v) is 11.4. The molecule has 3 rings (SSSR count). The number of rotatable bonds is 2. The Morgan fingerprint density at radius 2 is 1.95 bits per heavy atom. The van der Waals surface area contributed by atoms with E-state index in [4.69, 9.17) is 4.74 Å². The molecule has 0 bridgehead atoms. The van der Waals surface area contributed by atoms with Crippen LogP contribution in [0.1, 0.15) is 15.9 Å². The fourth-order valence-electron chi connectivity index (χ4n) is 2.57. The van der Waals surface area contributed by atoms with Crippen molar-refractivity contribution in [1.29, 1.82) is 0 Å². The van der Waals surface area contributed by atoms with E-state index in [0.717, 1.165) is 23.7 Å². The highest BCUT2D eigenvalue weighted by molar-refractivity contribution is 5.90. The van der Waals surface area contributed by atoms with Crippen LogP contribution in [0.2, 0.25) is 0 Å². The van der Waals surface area contributed by atoms with Crippen molar-refractivity contribution < 1.29 is 18.3 Å². The first-order chi connectivity index (χ1) is 10.1. The molecule has 1 heterocycles. The van der Waals surface area contributed by atoms with Gasteiger partial charge in [-0.2, -0.15) is 0 Å². The van der Waals surface area contributed by atoms with E-state index in [1.165, 1.54) is 13.2 Å². The van der Waals surface area contributed by atoms with E-state index in [2.05, 4.69) is 0 Å². The number of benzene rings is 2. The Kier molecular flexibility index (Phi) is 3.33. The van der Waals surface area contributed by atoms with Crippen molar-refractivity contribution in [1.82, 2.24) is 0 Å². The van der Waals surface area contributed by atoms with Gasteiger partial charge in [0.1, 0.15) is 0 Å². The summed E-state index contributed by atoms with van der Waals surface area (Å²) in [7, 11) is 1.34. The molecule has 5 heteroatoms. The van der Waals surface area contributed by atoms with Crippen LogP contribution in [0, 0.1) is 11.6 Å². The second-order valence-electron chi connectivity index (χ2n) is 4.84. The van der Waals surface area contributed by atoms with Crippen LogP contribution >= 0.6 is 0 Å². The number of methoxy groups -OCH3 is 1. The van der Waals surface area contributed by atoms with Crippen LogP contribution in [0.25, 0.3) is 0 Å². The molecule has 0 amide bonds. The van der Waals surface area contributed by atoms with Gasteiger partial charge in [-0.3, -0.25) is 0 Å². The molecule has 2 aromatic carbocycles. The summed E-state index contributed by atoms with van der Waals surface area (Å²) in [6.07, 6.45) is 0.735. The summed E-state index contributed by atoms with van der Waals surface area (Å²) in [5.41, 5.74) is 2.97. The average molecular weight is 289 g/mol. The van der Waals surface area contributed by atoms with Crippen LogP contribution in [0.5, 0.6) is 0 Å². The number of halogens is 2. The molecule has 0 aliphatic carbocycles. The number of anilines is 2. The van der Waals surface area contributed by atoms with Gasteiger partial charge >= 0.3 is 5.97 Å². The molecule has 0 saturated carbocycles. The predicted molar refractivity (Wildman–Crippen MR) is 74.8 cm³/mol. The Labute approximate surface area is 120 Å². The number of hydrogen-bond donors (Lipinski definition) is 0. The molecular formula is C16H13F2NO2. The van der Waals surface area contributed by atoms with Gasteiger partial charge in [0, 0.05) is 24.0 Å². The molecule has 0 aromatic heterocycles. The summed E-state index contributed by atoms with van der Waals surface area (Å²) in [6.45, 7) is 0.658. The molecular weight excluding hydrogens is 276 g/mol. The highest BCUT2D eigenvalue weighted by Gasteiger charge is 2.22. The second-order valence-corrected chi connectivity index (χ2v) is 4.84. The van der Waals surface area contributed by atoms with Crippen LogP contribution in [-0.4, -0.2) is 19.6 Å². The van der Waals surface area contributed by atoms with Crippen LogP contribution in [0.4, 0.5) is 20.2 Å². The van der Waals surface area contributed by atoms with E-state index < -0.39 is 11.6 Å². The highest BCUT2D eigenvalue weighted by Crippen LogP contribution is 2.35. The normalized spacial score (nSPS) is 13.2. The lowest BCUT2D eigenvalue weighted by molar-refractivity contribution is 0.0600. The van der Waals surface area contributed by atoms with Gasteiger partial charge < -0.3 is 9.64 Å². The van der Waals surface area contributed by atoms with Crippen LogP contribution in [0.3, 0.4) is 0 Å². The molecule has 108 valence electrons. The number of ether oxygens (including phenoxy) is 1. The lowest BCUT2D eigenvalue weighted by Crippen LogP contribution is -2.13. The van der Waals surface area contributed by atoms with Gasteiger partial charge in [-0.1, -0.05) is 0 Å². The lowest BCUT2D eigenvalue weighted by atomic mass is 10.1. The average Bonchev–Trinajstić information content (AvgIpc) is 2.92. The molecule has 2 aromatic rings. The minimum atomic E-state index is -0.868. The summed E-state index contributed by atoms with van der Waals surface area (Å²) < 4.78 is 31.1. The Morgan fingerprint density at radius 3 is 2.67 bits per heavy atom. The first kappa shape index (κ1) is 13.5. The Morgan fingerprint density at radius 1 is 1.14 bits per heavy atom. The molecule has 21 heavy (non-hydrogen) atoms. The third kappa shape index (κ3) is 2.35. The van der Waals surface area contributed by atoms with Gasteiger partial charge in [0.15, 0.2) is 11.6 Å². The van der Waals surface area contributed by atoms with Crippen molar-refractivity contribution in [3.8, 4) is 0 Å². The monoisotopic (exact) mass is 289 g/mol. The summed E-state index contributed by atoms with van der Waals surface area (Å²) in [6, 6.07) is 9.09. The molecule has 0 fully saturated rings. The molecule has 0 N–H and O–H groups in total. The first-order valence-electron chi connectivity index (χ1n) is 6.54. The van der Waals surface area contributed by atoms with Gasteiger partial charge in [-0.15, -0.1) is 0 Å². The number of fused-ring (bicyclic) bond motifs is 1. The van der Waals surface area contributed by atoms with E-state index in [1.54, 1.807) is 24.3 Å². The molecule has 0 radical (unpaired) electrons. The maximum Gasteiger partial charge on any atom is 0.337 e. The van der Waals surface area contributed by atoms with Crippen molar-refractivity contribution in [2.45, 2.75) is 6.42 Å². The lowest BCUT2D eigenvalue weighted by Gasteiger charge is -2.19. The van der Waals surface area contributed by atoms with Gasteiger partial charge in [0.05, 0.1) is 12.7 Å². The predicted octanol–water partition coefficient (Wildman–Crippen LogP) is 3.45. The van der Waals surface area contributed by atoms with Crippen LogP contribution in [-0.2, 0) is 11.2 Å². The molecule has 0 saturated heterocycles. The molecule has 3 nitrogen and oxygen atoms in total. The fraction of sp³-hybridized carbons (Fsp3) is 0.188. The van der Waals surface area contributed by atoms with Crippen molar-refractivity contribution >= 4 is 17.3 Å². The number of carbonyl (C=O) groups is 1. The largest absolute Gasteiger partial charge is 0.465 e. The Hall–Kier alpha value is -2.43. The molecule has 1 aliphatic heterocycles. The zero-order chi connectivity index (χ0) is 15.0. The molecule has 1 aliphatic rings. The van der Waals surface area contributed by atoms with Gasteiger partial charge in [0.2, 0.25) is 0 Å². The first-order valence-corrected chi connectivity index (χ1v) is 6.54. The minimum Gasteiger partial charge on any atom is -0.465 e. The van der Waals surface area contributed by atoms with Crippen molar-refractivity contribution in [3.05, 3.63) is 59.2 Å². The standard InChI is InChI=1S/C16H13F2NO2/c1-21-16(20)11-2-5-15-10(8-11)6-7-19(15)12-3-4-13(17)14(18)9-12/h2-5,8-9H,6-7H2,1H3. The maximum atomic E-state index is 13.4. The summed E-state index contributed by atoms with van der Waals surface area (Å²) >= 11 is 0. The van der Waals surface area contributed by atoms with Crippen molar-refractivity contribution in [3.63, 3.8) is 0 Å². The summed E-state index contributed by atoms with van der Waals surface area (Å²) in [5.74, 6) is -2.12. The third-order valence-corrected chi connectivity index (χ3v) is 3.61. The van der Waals surface area contributed by atoms with E-state index in [-0.39, 0.29) is 5.97 Å². The van der Waals surface area contributed by atoms with E-state index >= 15 is 0 Å². The van der Waals surface area contributed by atoms with E-state index in [0.29, 0.717) is 17.8 Å². The number of nitrogens with zero attached hydrogens (tertiary/aromatic N) is 1. The Balaban J connectivity index is 1.97. The Bertz CT molecular complexity index is 715. The number of hydrogen-bond acceptors (Lipinski definition) is 3. The fourth-order valence-corrected chi connectivity index (χ4v) is 2.57. The van der Waals surface area contributed by atoms with E-state index in [9.17, 15) is 13.6 Å². The molecule has 0 spiro atoms. The van der Waals surface area contributed by atoms with Crippen LogP contribution in [0.15, 0.2) is 36.4 Å². The van der Waals surface area contributed by atoms with Gasteiger partial charge in [-0.25, -0.2) is 13.6 Å². The minimum absolute atomic E-state index is 0.385.